The van der Waals surface area contributed by atoms with Crippen molar-refractivity contribution >= 4 is 18.1 Å². The maximum Gasteiger partial charge on any atom is 0.343 e. The Bertz CT molecular complexity index is 890. The summed E-state index contributed by atoms with van der Waals surface area (Å²) in [7, 11) is 0. The fourth-order valence-electron chi connectivity index (χ4n) is 2.38. The van der Waals surface area contributed by atoms with E-state index in [9.17, 15) is 4.79 Å². The monoisotopic (exact) mass is 345 g/mol. The summed E-state index contributed by atoms with van der Waals surface area (Å²) in [4.78, 5) is 16.3. The number of benzene rings is 2. The molecule has 0 aliphatic carbocycles. The van der Waals surface area contributed by atoms with E-state index in [0.717, 1.165) is 11.1 Å². The Hall–Kier alpha value is -3.40. The fraction of sp³-hybridized carbons (Fsp3) is 0.0909. The fourth-order valence-corrected chi connectivity index (χ4v) is 2.38. The third kappa shape index (κ3) is 4.57. The van der Waals surface area contributed by atoms with E-state index >= 15 is 0 Å². The molecule has 0 amide bonds. The first-order valence-electron chi connectivity index (χ1n) is 8.38. The molecule has 1 heterocycles. The first-order chi connectivity index (χ1) is 12.8. The van der Waals surface area contributed by atoms with Crippen molar-refractivity contribution in [2.45, 2.75) is 6.92 Å². The summed E-state index contributed by atoms with van der Waals surface area (Å²) in [6.07, 6.45) is 7.46. The van der Waals surface area contributed by atoms with Gasteiger partial charge in [-0.3, -0.25) is 4.98 Å². The van der Waals surface area contributed by atoms with Gasteiger partial charge >= 0.3 is 5.97 Å². The summed E-state index contributed by atoms with van der Waals surface area (Å²) in [5, 5.41) is 0. The van der Waals surface area contributed by atoms with E-state index in [4.69, 9.17) is 9.47 Å². The quantitative estimate of drug-likeness (QED) is 0.472. The van der Waals surface area contributed by atoms with Crippen molar-refractivity contribution in [2.75, 3.05) is 6.61 Å². The minimum absolute atomic E-state index is 0.404. The lowest BCUT2D eigenvalue weighted by atomic mass is 10.1. The lowest BCUT2D eigenvalue weighted by molar-refractivity contribution is 0.0728. The van der Waals surface area contributed by atoms with E-state index < -0.39 is 5.97 Å². The normalized spacial score (nSPS) is 10.7. The standard InChI is InChI=1S/C22H19NO3/c1-2-25-21-16-18(9-8-17-12-14-23-15-13-17)10-11-20(21)26-22(24)19-6-4-3-5-7-19/h3-16H,2H2,1H3/b9-8+. The van der Waals surface area contributed by atoms with Gasteiger partial charge in [-0.25, -0.2) is 4.79 Å². The third-order valence-electron chi connectivity index (χ3n) is 3.65. The molecule has 0 N–H and O–H groups in total. The molecule has 26 heavy (non-hydrogen) atoms. The van der Waals surface area contributed by atoms with E-state index in [2.05, 4.69) is 4.98 Å². The van der Waals surface area contributed by atoms with Gasteiger partial charge in [0.2, 0.25) is 0 Å². The van der Waals surface area contributed by atoms with Crippen LogP contribution in [0, 0.1) is 0 Å². The summed E-state index contributed by atoms with van der Waals surface area (Å²) in [5.74, 6) is 0.530. The average Bonchev–Trinajstić information content (AvgIpc) is 2.69. The summed E-state index contributed by atoms with van der Waals surface area (Å²) < 4.78 is 11.2. The predicted octanol–water partition coefficient (Wildman–Crippen LogP) is 4.87. The number of nitrogens with zero attached hydrogens (tertiary/aromatic N) is 1. The molecule has 0 bridgehead atoms. The van der Waals surface area contributed by atoms with Gasteiger partial charge in [0.25, 0.3) is 0 Å². The second kappa shape index (κ2) is 8.62. The van der Waals surface area contributed by atoms with E-state index in [1.807, 2.05) is 49.4 Å². The van der Waals surface area contributed by atoms with Crippen molar-refractivity contribution in [2.24, 2.45) is 0 Å². The van der Waals surface area contributed by atoms with Gasteiger partial charge in [0, 0.05) is 12.4 Å². The summed E-state index contributed by atoms with van der Waals surface area (Å²) >= 11 is 0. The molecule has 0 aliphatic heterocycles. The highest BCUT2D eigenvalue weighted by Gasteiger charge is 2.12. The van der Waals surface area contributed by atoms with E-state index in [1.54, 1.807) is 42.7 Å². The van der Waals surface area contributed by atoms with Crippen LogP contribution in [0.15, 0.2) is 73.1 Å². The molecule has 0 fully saturated rings. The number of ether oxygens (including phenoxy) is 2. The van der Waals surface area contributed by atoms with Crippen LogP contribution >= 0.6 is 0 Å². The van der Waals surface area contributed by atoms with Crippen LogP contribution in [0.25, 0.3) is 12.2 Å². The second-order valence-corrected chi connectivity index (χ2v) is 5.51. The molecule has 4 nitrogen and oxygen atoms in total. The van der Waals surface area contributed by atoms with E-state index in [-0.39, 0.29) is 0 Å². The number of rotatable bonds is 6. The van der Waals surface area contributed by atoms with Crippen LogP contribution in [-0.4, -0.2) is 17.6 Å². The molecule has 0 radical (unpaired) electrons. The van der Waals surface area contributed by atoms with Crippen molar-refractivity contribution < 1.29 is 14.3 Å². The number of aromatic nitrogens is 1. The summed E-state index contributed by atoms with van der Waals surface area (Å²) in [5.41, 5.74) is 2.50. The number of esters is 1. The maximum atomic E-state index is 12.3. The van der Waals surface area contributed by atoms with Gasteiger partial charge in [0.1, 0.15) is 0 Å². The maximum absolute atomic E-state index is 12.3. The smallest absolute Gasteiger partial charge is 0.343 e. The summed E-state index contributed by atoms with van der Waals surface area (Å²) in [6, 6.07) is 18.2. The Labute approximate surface area is 152 Å². The topological polar surface area (TPSA) is 48.4 Å². The highest BCUT2D eigenvalue weighted by Crippen LogP contribution is 2.30. The van der Waals surface area contributed by atoms with Gasteiger partial charge in [0.15, 0.2) is 11.5 Å². The molecule has 0 atom stereocenters. The molecule has 4 heteroatoms. The molecular weight excluding hydrogens is 326 g/mol. The highest BCUT2D eigenvalue weighted by atomic mass is 16.6. The summed E-state index contributed by atoms with van der Waals surface area (Å²) in [6.45, 7) is 2.37. The van der Waals surface area contributed by atoms with Crippen LogP contribution in [0.2, 0.25) is 0 Å². The molecule has 0 saturated heterocycles. The van der Waals surface area contributed by atoms with Gasteiger partial charge in [0.05, 0.1) is 12.2 Å². The molecule has 0 saturated carbocycles. The predicted molar refractivity (Wildman–Crippen MR) is 102 cm³/mol. The zero-order valence-corrected chi connectivity index (χ0v) is 14.5. The SMILES string of the molecule is CCOc1cc(/C=C/c2ccncc2)ccc1OC(=O)c1ccccc1. The van der Waals surface area contributed by atoms with Crippen molar-refractivity contribution in [3.8, 4) is 11.5 Å². The minimum Gasteiger partial charge on any atom is -0.490 e. The van der Waals surface area contributed by atoms with Crippen LogP contribution < -0.4 is 9.47 Å². The van der Waals surface area contributed by atoms with Crippen molar-refractivity contribution in [3.05, 3.63) is 89.7 Å². The van der Waals surface area contributed by atoms with Gasteiger partial charge in [-0.1, -0.05) is 36.4 Å². The van der Waals surface area contributed by atoms with E-state index in [0.29, 0.717) is 23.7 Å². The lowest BCUT2D eigenvalue weighted by Crippen LogP contribution is -2.09. The Balaban J connectivity index is 1.80. The van der Waals surface area contributed by atoms with Gasteiger partial charge in [-0.2, -0.15) is 0 Å². The van der Waals surface area contributed by atoms with Crippen LogP contribution in [0.4, 0.5) is 0 Å². The van der Waals surface area contributed by atoms with Crippen molar-refractivity contribution in [1.29, 1.82) is 0 Å². The minimum atomic E-state index is -0.411. The first-order valence-corrected chi connectivity index (χ1v) is 8.38. The molecule has 0 aliphatic rings. The second-order valence-electron chi connectivity index (χ2n) is 5.51. The lowest BCUT2D eigenvalue weighted by Gasteiger charge is -2.11. The van der Waals surface area contributed by atoms with Crippen molar-refractivity contribution in [3.63, 3.8) is 0 Å². The van der Waals surface area contributed by atoms with E-state index in [1.165, 1.54) is 0 Å². The van der Waals surface area contributed by atoms with Crippen molar-refractivity contribution in [1.82, 2.24) is 4.98 Å². The molecule has 0 unspecified atom stereocenters. The van der Waals surface area contributed by atoms with Crippen LogP contribution in [0.5, 0.6) is 11.5 Å². The Morgan fingerprint density at radius 3 is 2.38 bits per heavy atom. The zero-order valence-electron chi connectivity index (χ0n) is 14.5. The van der Waals surface area contributed by atoms with Crippen LogP contribution in [0.1, 0.15) is 28.4 Å². The highest BCUT2D eigenvalue weighted by molar-refractivity contribution is 5.91. The number of hydrogen-bond acceptors (Lipinski definition) is 4. The largest absolute Gasteiger partial charge is 0.490 e. The molecular formula is C22H19NO3. The number of hydrogen-bond donors (Lipinski definition) is 0. The Morgan fingerprint density at radius 1 is 0.923 bits per heavy atom. The molecule has 3 rings (SSSR count). The van der Waals surface area contributed by atoms with Gasteiger partial charge < -0.3 is 9.47 Å². The molecule has 1 aromatic heterocycles. The van der Waals surface area contributed by atoms with Gasteiger partial charge in [-0.15, -0.1) is 0 Å². The Kier molecular flexibility index (Phi) is 5.78. The Morgan fingerprint density at radius 2 is 1.65 bits per heavy atom. The average molecular weight is 345 g/mol. The number of pyridine rings is 1. The van der Waals surface area contributed by atoms with Crippen LogP contribution in [0.3, 0.4) is 0 Å². The molecule has 130 valence electrons. The number of carbonyl (C=O) groups excluding carboxylic acids is 1. The molecule has 0 spiro atoms. The zero-order chi connectivity index (χ0) is 18.2. The number of carbonyl (C=O) groups is 1. The molecule has 2 aromatic carbocycles. The molecule has 3 aromatic rings. The van der Waals surface area contributed by atoms with Crippen LogP contribution in [-0.2, 0) is 0 Å². The first kappa shape index (κ1) is 17.4. The van der Waals surface area contributed by atoms with Gasteiger partial charge in [-0.05, 0) is 54.4 Å². The third-order valence-corrected chi connectivity index (χ3v) is 3.65.